The van der Waals surface area contributed by atoms with Crippen molar-refractivity contribution in [1.82, 2.24) is 5.32 Å². The van der Waals surface area contributed by atoms with Crippen LogP contribution in [0.5, 0.6) is 11.5 Å². The molecule has 1 aliphatic heterocycles. The molecule has 0 radical (unpaired) electrons. The lowest BCUT2D eigenvalue weighted by molar-refractivity contribution is -0.246. The van der Waals surface area contributed by atoms with Crippen LogP contribution in [0.1, 0.15) is 111 Å². The quantitative estimate of drug-likeness (QED) is 0.395. The smallest absolute Gasteiger partial charge is 0.226 e. The Morgan fingerprint density at radius 2 is 1.62 bits per heavy atom. The molecule has 5 nitrogen and oxygen atoms in total. The van der Waals surface area contributed by atoms with E-state index in [0.717, 1.165) is 41.7 Å². The number of rotatable bonds is 4. The molecule has 1 N–H and O–H groups in total. The molecule has 0 spiro atoms. The van der Waals surface area contributed by atoms with Gasteiger partial charge in [-0.25, -0.2) is 0 Å². The van der Waals surface area contributed by atoms with Crippen molar-refractivity contribution in [2.24, 2.45) is 50.7 Å². The molecule has 0 aromatic heterocycles. The minimum atomic E-state index is -0.194. The zero-order valence-corrected chi connectivity index (χ0v) is 27.2. The van der Waals surface area contributed by atoms with Crippen molar-refractivity contribution in [2.45, 2.75) is 118 Å². The summed E-state index contributed by atoms with van der Waals surface area (Å²) in [5, 5.41) is 3.43. The van der Waals surface area contributed by atoms with E-state index in [-0.39, 0.29) is 10.8 Å². The summed E-state index contributed by atoms with van der Waals surface area (Å²) in [6.07, 6.45) is 13.9. The summed E-state index contributed by atoms with van der Waals surface area (Å²) < 4.78 is 17.6. The molecule has 5 aliphatic carbocycles. The van der Waals surface area contributed by atoms with Gasteiger partial charge >= 0.3 is 0 Å². The van der Waals surface area contributed by atoms with Crippen LogP contribution < -0.4 is 14.8 Å². The molecule has 1 heterocycles. The zero-order valence-electron chi connectivity index (χ0n) is 27.2. The number of methoxy groups -OCH3 is 1. The molecular weight excluding hydrogens is 522 g/mol. The molecule has 232 valence electrons. The van der Waals surface area contributed by atoms with Crippen LogP contribution in [0.2, 0.25) is 0 Å². The Hall–Kier alpha value is -1.75. The molecule has 5 heteroatoms. The van der Waals surface area contributed by atoms with Gasteiger partial charge in [0.1, 0.15) is 13.2 Å². The third-order valence-electron chi connectivity index (χ3n) is 15.1. The molecular formula is C37H55NO4. The molecule has 42 heavy (non-hydrogen) atoms. The molecule has 1 aromatic rings. The van der Waals surface area contributed by atoms with Crippen molar-refractivity contribution in [3.8, 4) is 11.5 Å². The molecule has 5 saturated carbocycles. The molecule has 8 unspecified atom stereocenters. The largest absolute Gasteiger partial charge is 0.486 e. The van der Waals surface area contributed by atoms with Crippen LogP contribution in [0, 0.1) is 50.7 Å². The lowest BCUT2D eigenvalue weighted by atomic mass is 9.32. The minimum absolute atomic E-state index is 0.194. The zero-order chi connectivity index (χ0) is 29.5. The average molecular weight is 578 g/mol. The molecule has 7 rings (SSSR count). The summed E-state index contributed by atoms with van der Waals surface area (Å²) >= 11 is 0. The van der Waals surface area contributed by atoms with Crippen LogP contribution >= 0.6 is 0 Å². The first-order valence-corrected chi connectivity index (χ1v) is 17.2. The van der Waals surface area contributed by atoms with Crippen molar-refractivity contribution >= 4 is 5.91 Å². The maximum absolute atomic E-state index is 14.2. The Morgan fingerprint density at radius 3 is 2.40 bits per heavy atom. The van der Waals surface area contributed by atoms with Crippen molar-refractivity contribution in [1.29, 1.82) is 0 Å². The van der Waals surface area contributed by atoms with E-state index < -0.39 is 0 Å². The van der Waals surface area contributed by atoms with Gasteiger partial charge in [-0.3, -0.25) is 4.79 Å². The topological polar surface area (TPSA) is 56.8 Å². The lowest BCUT2D eigenvalue weighted by Crippen LogP contribution is -2.67. The van der Waals surface area contributed by atoms with Crippen LogP contribution in [0.25, 0.3) is 0 Å². The fraction of sp³-hybridized carbons (Fsp3) is 0.811. The minimum Gasteiger partial charge on any atom is -0.486 e. The van der Waals surface area contributed by atoms with E-state index >= 15 is 0 Å². The predicted molar refractivity (Wildman–Crippen MR) is 165 cm³/mol. The van der Waals surface area contributed by atoms with Crippen LogP contribution in [0.4, 0.5) is 0 Å². The van der Waals surface area contributed by atoms with Gasteiger partial charge in [-0.05, 0) is 127 Å². The standard InChI is InChI=1S/C37H55NO4/c1-33(2)29-13-17-36(5)30(34(29,3)16-14-31(33)40-6)12-10-25-26-8-7-15-37(26,19-18-35(25,36)4)32(39)38-23-24-9-11-27-28(22-24)42-21-20-41-27/h9,11,22,25-26,29-31H,7-8,10,12-21,23H2,1-6H3,(H,38,39)/t25?,26?,29?,30?,31?,34?,35-,36?,37?/m1/s1. The molecule has 5 fully saturated rings. The maximum atomic E-state index is 14.2. The third kappa shape index (κ3) is 3.86. The number of nitrogens with one attached hydrogen (secondary N) is 1. The van der Waals surface area contributed by atoms with Gasteiger partial charge in [-0.15, -0.1) is 0 Å². The fourth-order valence-electron chi connectivity index (χ4n) is 12.9. The van der Waals surface area contributed by atoms with Gasteiger partial charge < -0.3 is 19.5 Å². The molecule has 0 saturated heterocycles. The summed E-state index contributed by atoms with van der Waals surface area (Å²) in [7, 11) is 1.93. The molecule has 6 aliphatic rings. The number of carbonyl (C=O) groups is 1. The van der Waals surface area contributed by atoms with Crippen LogP contribution in [-0.4, -0.2) is 32.3 Å². The van der Waals surface area contributed by atoms with E-state index in [1.54, 1.807) is 0 Å². The lowest BCUT2D eigenvalue weighted by Gasteiger charge is -2.72. The van der Waals surface area contributed by atoms with E-state index in [1.807, 2.05) is 19.2 Å². The Bertz CT molecular complexity index is 1230. The van der Waals surface area contributed by atoms with Gasteiger partial charge in [-0.2, -0.15) is 0 Å². The normalized spacial score (nSPS) is 45.1. The summed E-state index contributed by atoms with van der Waals surface area (Å²) in [6.45, 7) is 14.8. The van der Waals surface area contributed by atoms with E-state index in [9.17, 15) is 4.79 Å². The van der Waals surface area contributed by atoms with E-state index in [2.05, 4.69) is 46.0 Å². The van der Waals surface area contributed by atoms with Crippen LogP contribution in [0.15, 0.2) is 18.2 Å². The predicted octanol–water partition coefficient (Wildman–Crippen LogP) is 7.94. The van der Waals surface area contributed by atoms with Gasteiger partial charge in [0.15, 0.2) is 11.5 Å². The SMILES string of the molecule is COC1CCC2(C)C(CCC3(C)C2CCC2C4CCCC4(C(=O)NCc4ccc5c(c4)OCCO5)CC[C@]23C)C1(C)C. The Kier molecular flexibility index (Phi) is 6.82. The van der Waals surface area contributed by atoms with E-state index in [4.69, 9.17) is 14.2 Å². The van der Waals surface area contributed by atoms with Crippen molar-refractivity contribution in [2.75, 3.05) is 20.3 Å². The highest BCUT2D eigenvalue weighted by Crippen LogP contribution is 2.76. The average Bonchev–Trinajstić information content (AvgIpc) is 3.41. The Balaban J connectivity index is 1.12. The number of ether oxygens (including phenoxy) is 3. The first kappa shape index (κ1) is 29.0. The summed E-state index contributed by atoms with van der Waals surface area (Å²) in [4.78, 5) is 14.2. The van der Waals surface area contributed by atoms with Crippen molar-refractivity contribution < 1.29 is 19.0 Å². The number of amides is 1. The second-order valence-corrected chi connectivity index (χ2v) is 16.6. The fourth-order valence-corrected chi connectivity index (χ4v) is 12.9. The van der Waals surface area contributed by atoms with Crippen LogP contribution in [-0.2, 0) is 16.1 Å². The number of hydrogen-bond acceptors (Lipinski definition) is 4. The molecule has 1 amide bonds. The first-order valence-electron chi connectivity index (χ1n) is 17.2. The number of carbonyl (C=O) groups excluding carboxylic acids is 1. The van der Waals surface area contributed by atoms with Gasteiger partial charge in [0.25, 0.3) is 0 Å². The van der Waals surface area contributed by atoms with E-state index in [0.29, 0.717) is 59.9 Å². The molecule has 1 aromatic carbocycles. The highest BCUT2D eigenvalue weighted by molar-refractivity contribution is 5.83. The van der Waals surface area contributed by atoms with Gasteiger partial charge in [0.2, 0.25) is 5.91 Å². The van der Waals surface area contributed by atoms with Crippen molar-refractivity contribution in [3.63, 3.8) is 0 Å². The first-order chi connectivity index (χ1) is 20.0. The highest BCUT2D eigenvalue weighted by atomic mass is 16.6. The van der Waals surface area contributed by atoms with Crippen molar-refractivity contribution in [3.05, 3.63) is 23.8 Å². The number of benzene rings is 1. The number of hydrogen-bond donors (Lipinski definition) is 1. The monoisotopic (exact) mass is 577 g/mol. The van der Waals surface area contributed by atoms with Gasteiger partial charge in [0, 0.05) is 13.7 Å². The number of fused-ring (bicyclic) bond motifs is 8. The molecule has 9 atom stereocenters. The molecule has 0 bridgehead atoms. The van der Waals surface area contributed by atoms with Crippen LogP contribution in [0.3, 0.4) is 0 Å². The Morgan fingerprint density at radius 1 is 0.833 bits per heavy atom. The maximum Gasteiger partial charge on any atom is 0.226 e. The second-order valence-electron chi connectivity index (χ2n) is 16.6. The summed E-state index contributed by atoms with van der Waals surface area (Å²) in [5.74, 6) is 4.57. The Labute approximate surface area is 254 Å². The summed E-state index contributed by atoms with van der Waals surface area (Å²) in [6, 6.07) is 6.09. The second kappa shape index (κ2) is 9.88. The highest BCUT2D eigenvalue weighted by Gasteiger charge is 2.70. The van der Waals surface area contributed by atoms with E-state index in [1.165, 1.54) is 57.8 Å². The third-order valence-corrected chi connectivity index (χ3v) is 15.1. The summed E-state index contributed by atoms with van der Waals surface area (Å²) in [5.41, 5.74) is 2.15. The van der Waals surface area contributed by atoms with Gasteiger partial charge in [-0.1, -0.05) is 47.1 Å². The van der Waals surface area contributed by atoms with Gasteiger partial charge in [0.05, 0.1) is 11.5 Å².